The standard InChI is InChI=1S/C10H13N3O2/c11-7-1-2-9(12-5-7)13-8-3-6(4-8)10(14)15/h1-2,5-6,8H,3-4,11H2,(H,12,13)(H,14,15). The lowest BCUT2D eigenvalue weighted by Gasteiger charge is -2.33. The number of nitrogens with one attached hydrogen (secondary N) is 1. The number of pyridine rings is 1. The Balaban J connectivity index is 1.85. The smallest absolute Gasteiger partial charge is 0.306 e. The van der Waals surface area contributed by atoms with Gasteiger partial charge in [-0.3, -0.25) is 4.79 Å². The first-order valence-corrected chi connectivity index (χ1v) is 4.86. The number of hydrogen-bond acceptors (Lipinski definition) is 4. The van der Waals surface area contributed by atoms with Crippen molar-refractivity contribution in [2.45, 2.75) is 18.9 Å². The van der Waals surface area contributed by atoms with E-state index in [1.165, 1.54) is 0 Å². The van der Waals surface area contributed by atoms with Crippen molar-refractivity contribution in [3.8, 4) is 0 Å². The molecule has 1 aromatic rings. The molecule has 80 valence electrons. The number of nitrogens with two attached hydrogens (primary N) is 1. The highest BCUT2D eigenvalue weighted by Crippen LogP contribution is 2.29. The fraction of sp³-hybridized carbons (Fsp3) is 0.400. The van der Waals surface area contributed by atoms with Gasteiger partial charge in [0.2, 0.25) is 0 Å². The Hall–Kier alpha value is -1.78. The third-order valence-electron chi connectivity index (χ3n) is 2.63. The number of carbonyl (C=O) groups is 1. The molecule has 0 aromatic carbocycles. The third-order valence-corrected chi connectivity index (χ3v) is 2.63. The van der Waals surface area contributed by atoms with Crippen LogP contribution in [0.1, 0.15) is 12.8 Å². The first-order chi connectivity index (χ1) is 7.15. The zero-order valence-electron chi connectivity index (χ0n) is 8.18. The molecule has 0 unspecified atom stereocenters. The van der Waals surface area contributed by atoms with E-state index >= 15 is 0 Å². The number of nitrogens with zero attached hydrogens (tertiary/aromatic N) is 1. The molecule has 1 fully saturated rings. The largest absolute Gasteiger partial charge is 0.481 e. The summed E-state index contributed by atoms with van der Waals surface area (Å²) >= 11 is 0. The Bertz CT molecular complexity index is 357. The summed E-state index contributed by atoms with van der Waals surface area (Å²) in [7, 11) is 0. The maximum absolute atomic E-state index is 10.6. The monoisotopic (exact) mass is 207 g/mol. The van der Waals surface area contributed by atoms with Crippen molar-refractivity contribution in [1.82, 2.24) is 4.98 Å². The van der Waals surface area contributed by atoms with E-state index in [-0.39, 0.29) is 12.0 Å². The molecule has 5 heteroatoms. The van der Waals surface area contributed by atoms with Gasteiger partial charge in [0.1, 0.15) is 5.82 Å². The summed E-state index contributed by atoms with van der Waals surface area (Å²) in [6.45, 7) is 0. The number of carboxylic acids is 1. The molecule has 0 radical (unpaired) electrons. The fourth-order valence-corrected chi connectivity index (χ4v) is 1.64. The van der Waals surface area contributed by atoms with Gasteiger partial charge in [0.25, 0.3) is 0 Å². The number of anilines is 2. The Morgan fingerprint density at radius 3 is 2.80 bits per heavy atom. The highest BCUT2D eigenvalue weighted by atomic mass is 16.4. The number of carboxylic acid groups (broad SMARTS) is 1. The number of aliphatic carboxylic acids is 1. The fourth-order valence-electron chi connectivity index (χ4n) is 1.64. The van der Waals surface area contributed by atoms with Gasteiger partial charge < -0.3 is 16.2 Å². The quantitative estimate of drug-likeness (QED) is 0.686. The van der Waals surface area contributed by atoms with E-state index in [0.717, 1.165) is 5.82 Å². The molecule has 0 bridgehead atoms. The molecular formula is C10H13N3O2. The highest BCUT2D eigenvalue weighted by Gasteiger charge is 2.34. The predicted octanol–water partition coefficient (Wildman–Crippen LogP) is 0.939. The summed E-state index contributed by atoms with van der Waals surface area (Å²) in [6, 6.07) is 3.79. The lowest BCUT2D eigenvalue weighted by molar-refractivity contribution is -0.144. The number of nitrogen functional groups attached to an aromatic ring is 1. The summed E-state index contributed by atoms with van der Waals surface area (Å²) in [5.41, 5.74) is 6.12. The molecule has 1 aromatic heterocycles. The summed E-state index contributed by atoms with van der Waals surface area (Å²) in [4.78, 5) is 14.7. The van der Waals surface area contributed by atoms with E-state index in [2.05, 4.69) is 10.3 Å². The van der Waals surface area contributed by atoms with Crippen LogP contribution in [0.5, 0.6) is 0 Å². The lowest BCUT2D eigenvalue weighted by atomic mass is 9.80. The lowest BCUT2D eigenvalue weighted by Crippen LogP contribution is -2.39. The second kappa shape index (κ2) is 3.76. The van der Waals surface area contributed by atoms with Gasteiger partial charge in [0, 0.05) is 6.04 Å². The van der Waals surface area contributed by atoms with E-state index in [9.17, 15) is 4.79 Å². The molecule has 0 atom stereocenters. The molecule has 0 saturated heterocycles. The molecule has 15 heavy (non-hydrogen) atoms. The van der Waals surface area contributed by atoms with Crippen molar-refractivity contribution in [3.63, 3.8) is 0 Å². The second-order valence-corrected chi connectivity index (χ2v) is 3.82. The van der Waals surface area contributed by atoms with Crippen molar-refractivity contribution in [2.75, 3.05) is 11.1 Å². The van der Waals surface area contributed by atoms with E-state index in [1.807, 2.05) is 0 Å². The van der Waals surface area contributed by atoms with Gasteiger partial charge in [-0.05, 0) is 25.0 Å². The zero-order chi connectivity index (χ0) is 10.8. The molecular weight excluding hydrogens is 194 g/mol. The molecule has 0 aliphatic heterocycles. The highest BCUT2D eigenvalue weighted by molar-refractivity contribution is 5.71. The Morgan fingerprint density at radius 1 is 1.53 bits per heavy atom. The topological polar surface area (TPSA) is 88.2 Å². The number of hydrogen-bond donors (Lipinski definition) is 3. The minimum absolute atomic E-state index is 0.198. The van der Waals surface area contributed by atoms with Crippen LogP contribution in [0.25, 0.3) is 0 Å². The normalized spacial score (nSPS) is 24.3. The predicted molar refractivity (Wildman–Crippen MR) is 56.4 cm³/mol. The molecule has 1 saturated carbocycles. The first kappa shape index (κ1) is 9.76. The number of rotatable bonds is 3. The minimum atomic E-state index is -0.710. The SMILES string of the molecule is Nc1ccc(NC2CC(C(=O)O)C2)nc1. The summed E-state index contributed by atoms with van der Waals surface area (Å²) in [5, 5.41) is 11.9. The Kier molecular flexibility index (Phi) is 2.45. The van der Waals surface area contributed by atoms with Crippen LogP contribution in [0.15, 0.2) is 18.3 Å². The van der Waals surface area contributed by atoms with Gasteiger partial charge in [0.15, 0.2) is 0 Å². The van der Waals surface area contributed by atoms with Crippen molar-refractivity contribution >= 4 is 17.5 Å². The van der Waals surface area contributed by atoms with Crippen LogP contribution in [0.3, 0.4) is 0 Å². The van der Waals surface area contributed by atoms with Crippen LogP contribution in [-0.4, -0.2) is 22.1 Å². The van der Waals surface area contributed by atoms with E-state index in [0.29, 0.717) is 18.5 Å². The minimum Gasteiger partial charge on any atom is -0.481 e. The summed E-state index contributed by atoms with van der Waals surface area (Å²) < 4.78 is 0. The zero-order valence-corrected chi connectivity index (χ0v) is 8.18. The van der Waals surface area contributed by atoms with Crippen molar-refractivity contribution < 1.29 is 9.90 Å². The average molecular weight is 207 g/mol. The van der Waals surface area contributed by atoms with Crippen molar-refractivity contribution in [3.05, 3.63) is 18.3 Å². The Labute approximate surface area is 87.3 Å². The third kappa shape index (κ3) is 2.18. The molecule has 1 heterocycles. The Morgan fingerprint density at radius 2 is 2.27 bits per heavy atom. The first-order valence-electron chi connectivity index (χ1n) is 4.86. The van der Waals surface area contributed by atoms with Crippen LogP contribution in [0.2, 0.25) is 0 Å². The molecule has 4 N–H and O–H groups in total. The summed E-state index contributed by atoms with van der Waals surface area (Å²) in [6.07, 6.45) is 2.92. The maximum Gasteiger partial charge on any atom is 0.306 e. The van der Waals surface area contributed by atoms with Crippen molar-refractivity contribution in [2.24, 2.45) is 5.92 Å². The van der Waals surface area contributed by atoms with Crippen LogP contribution >= 0.6 is 0 Å². The van der Waals surface area contributed by atoms with Gasteiger partial charge in [-0.25, -0.2) is 4.98 Å². The second-order valence-electron chi connectivity index (χ2n) is 3.82. The average Bonchev–Trinajstić information content (AvgIpc) is 2.13. The van der Waals surface area contributed by atoms with Crippen LogP contribution in [0.4, 0.5) is 11.5 Å². The van der Waals surface area contributed by atoms with Crippen LogP contribution < -0.4 is 11.1 Å². The molecule has 1 aliphatic rings. The molecule has 0 amide bonds. The molecule has 5 nitrogen and oxygen atoms in total. The van der Waals surface area contributed by atoms with E-state index < -0.39 is 5.97 Å². The molecule has 0 spiro atoms. The van der Waals surface area contributed by atoms with E-state index in [1.54, 1.807) is 18.3 Å². The number of aromatic nitrogens is 1. The molecule has 1 aliphatic carbocycles. The van der Waals surface area contributed by atoms with E-state index in [4.69, 9.17) is 10.8 Å². The van der Waals surface area contributed by atoms with Crippen molar-refractivity contribution in [1.29, 1.82) is 0 Å². The summed E-state index contributed by atoms with van der Waals surface area (Å²) in [5.74, 6) is -0.160. The van der Waals surface area contributed by atoms with Gasteiger partial charge in [0.05, 0.1) is 17.8 Å². The maximum atomic E-state index is 10.6. The van der Waals surface area contributed by atoms with Gasteiger partial charge in [-0.15, -0.1) is 0 Å². The molecule has 2 rings (SSSR count). The van der Waals surface area contributed by atoms with Crippen LogP contribution in [-0.2, 0) is 4.79 Å². The van der Waals surface area contributed by atoms with Crippen LogP contribution in [0, 0.1) is 5.92 Å². The van der Waals surface area contributed by atoms with Gasteiger partial charge >= 0.3 is 5.97 Å². The van der Waals surface area contributed by atoms with Gasteiger partial charge in [-0.2, -0.15) is 0 Å². The van der Waals surface area contributed by atoms with Gasteiger partial charge in [-0.1, -0.05) is 0 Å².